The van der Waals surface area contributed by atoms with Gasteiger partial charge in [0.1, 0.15) is 22.7 Å². The van der Waals surface area contributed by atoms with E-state index in [0.29, 0.717) is 32.7 Å². The molecule has 3 N–H and O–H groups in total. The average molecular weight is 495 g/mol. The molecule has 1 aromatic carbocycles. The lowest BCUT2D eigenvalue weighted by atomic mass is 9.88. The first-order valence-electron chi connectivity index (χ1n) is 12.1. The van der Waals surface area contributed by atoms with E-state index < -0.39 is 6.10 Å². The Hall–Kier alpha value is -2.83. The second-order valence-corrected chi connectivity index (χ2v) is 10.4. The molecule has 1 unspecified atom stereocenters. The standard InChI is InChI=1S/C24H28N7O3S/c1-2-34-20-9-18-15(10-27-29-18)8-19(20)28-23-22-17-4-3-14(7-21(17)35-24(22)26-13-25-23)11-31(33)30-6-5-16(32)12-30/h8-10,13-14,16,32H,2-7,11-12H2,1H3,(H,27,29)(H,25,26,28)/q-1/t14?,16-/m1/s1. The molecule has 0 spiro atoms. The molecule has 1 saturated heterocycles. The molecule has 1 fully saturated rings. The van der Waals surface area contributed by atoms with Crippen LogP contribution in [0.25, 0.3) is 21.1 Å². The van der Waals surface area contributed by atoms with E-state index in [0.717, 1.165) is 62.8 Å². The lowest BCUT2D eigenvalue weighted by Gasteiger charge is -2.40. The number of hydrogen-bond acceptors (Lipinski definition) is 10. The zero-order valence-electron chi connectivity index (χ0n) is 19.5. The van der Waals surface area contributed by atoms with Gasteiger partial charge in [0, 0.05) is 36.0 Å². The number of nitrogens with one attached hydrogen (secondary N) is 2. The molecule has 184 valence electrons. The van der Waals surface area contributed by atoms with Crippen LogP contribution in [0.2, 0.25) is 0 Å². The molecule has 4 aromatic rings. The molecule has 0 saturated carbocycles. The van der Waals surface area contributed by atoms with E-state index in [1.165, 1.54) is 10.4 Å². The summed E-state index contributed by atoms with van der Waals surface area (Å²) in [4.78, 5) is 11.4. The molecule has 1 aliphatic heterocycles. The van der Waals surface area contributed by atoms with Crippen molar-refractivity contribution in [2.24, 2.45) is 5.92 Å². The lowest BCUT2D eigenvalue weighted by Crippen LogP contribution is -2.41. The molecule has 0 bridgehead atoms. The Labute approximate surface area is 206 Å². The summed E-state index contributed by atoms with van der Waals surface area (Å²) in [6.45, 7) is 4.04. The van der Waals surface area contributed by atoms with Crippen LogP contribution in [0.3, 0.4) is 0 Å². The van der Waals surface area contributed by atoms with Crippen LogP contribution < -0.4 is 10.1 Å². The lowest BCUT2D eigenvalue weighted by molar-refractivity contribution is 0.0188. The smallest absolute Gasteiger partial charge is 0.144 e. The molecule has 4 heterocycles. The summed E-state index contributed by atoms with van der Waals surface area (Å²) in [6.07, 6.45) is 6.34. The monoisotopic (exact) mass is 494 g/mol. The number of aryl methyl sites for hydroxylation is 1. The first kappa shape index (κ1) is 22.6. The Balaban J connectivity index is 1.27. The highest BCUT2D eigenvalue weighted by molar-refractivity contribution is 7.19. The van der Waals surface area contributed by atoms with Gasteiger partial charge >= 0.3 is 0 Å². The maximum atomic E-state index is 12.6. The molecule has 1 aliphatic carbocycles. The van der Waals surface area contributed by atoms with Gasteiger partial charge in [-0.1, -0.05) is 0 Å². The number of hydrogen-bond donors (Lipinski definition) is 3. The van der Waals surface area contributed by atoms with Gasteiger partial charge in [0.15, 0.2) is 0 Å². The number of fused-ring (bicyclic) bond motifs is 4. The number of anilines is 2. The van der Waals surface area contributed by atoms with Crippen LogP contribution in [0.1, 0.15) is 30.2 Å². The van der Waals surface area contributed by atoms with Gasteiger partial charge in [0.2, 0.25) is 0 Å². The number of hydrazine groups is 1. The highest BCUT2D eigenvalue weighted by Gasteiger charge is 2.28. The number of rotatable bonds is 7. The minimum atomic E-state index is -0.394. The second kappa shape index (κ2) is 9.32. The molecule has 11 heteroatoms. The van der Waals surface area contributed by atoms with Gasteiger partial charge in [-0.15, -0.1) is 11.3 Å². The highest BCUT2D eigenvalue weighted by atomic mass is 32.1. The third-order valence-electron chi connectivity index (χ3n) is 6.91. The number of thiophene rings is 1. The minimum absolute atomic E-state index is 0.281. The summed E-state index contributed by atoms with van der Waals surface area (Å²) < 4.78 is 5.89. The number of benzene rings is 1. The Kier molecular flexibility index (Phi) is 6.02. The molecule has 35 heavy (non-hydrogen) atoms. The summed E-state index contributed by atoms with van der Waals surface area (Å²) in [5.41, 5.74) is 3.03. The number of H-pyrrole nitrogens is 1. The fraction of sp³-hybridized carbons (Fsp3) is 0.458. The fourth-order valence-electron chi connectivity index (χ4n) is 5.16. The van der Waals surface area contributed by atoms with Crippen molar-refractivity contribution < 1.29 is 9.84 Å². The maximum absolute atomic E-state index is 12.6. The quantitative estimate of drug-likeness (QED) is 0.330. The van der Waals surface area contributed by atoms with Gasteiger partial charge < -0.3 is 25.5 Å². The van der Waals surface area contributed by atoms with Crippen molar-refractivity contribution in [3.8, 4) is 5.75 Å². The van der Waals surface area contributed by atoms with Crippen molar-refractivity contribution in [2.75, 3.05) is 31.6 Å². The Morgan fingerprint density at radius 3 is 3.09 bits per heavy atom. The van der Waals surface area contributed by atoms with E-state index >= 15 is 0 Å². The Bertz CT molecular complexity index is 1360. The van der Waals surface area contributed by atoms with E-state index in [2.05, 4.69) is 25.5 Å². The molecule has 3 aromatic heterocycles. The van der Waals surface area contributed by atoms with Crippen molar-refractivity contribution in [1.82, 2.24) is 30.3 Å². The van der Waals surface area contributed by atoms with Gasteiger partial charge in [-0.25, -0.2) is 9.97 Å². The zero-order valence-corrected chi connectivity index (χ0v) is 20.3. The normalized spacial score (nSPS) is 20.7. The van der Waals surface area contributed by atoms with Crippen LogP contribution in [0.4, 0.5) is 11.5 Å². The van der Waals surface area contributed by atoms with Gasteiger partial charge in [0.25, 0.3) is 0 Å². The molecule has 10 nitrogen and oxygen atoms in total. The van der Waals surface area contributed by atoms with E-state index in [-0.39, 0.29) is 5.92 Å². The maximum Gasteiger partial charge on any atom is 0.144 e. The molecule has 6 rings (SSSR count). The van der Waals surface area contributed by atoms with Crippen molar-refractivity contribution >= 4 is 44.0 Å². The van der Waals surface area contributed by atoms with Crippen molar-refractivity contribution in [2.45, 2.75) is 38.7 Å². The summed E-state index contributed by atoms with van der Waals surface area (Å²) in [6, 6.07) is 3.97. The number of ether oxygens (including phenoxy) is 1. The largest absolute Gasteiger partial charge is 0.772 e. The first-order chi connectivity index (χ1) is 17.1. The van der Waals surface area contributed by atoms with E-state index in [1.807, 2.05) is 19.1 Å². The summed E-state index contributed by atoms with van der Waals surface area (Å²) in [5, 5.41) is 37.9. The van der Waals surface area contributed by atoms with Gasteiger partial charge in [0.05, 0.1) is 35.5 Å². The third kappa shape index (κ3) is 4.34. The van der Waals surface area contributed by atoms with Crippen LogP contribution >= 0.6 is 11.3 Å². The van der Waals surface area contributed by atoms with Crippen LogP contribution in [0, 0.1) is 11.1 Å². The third-order valence-corrected chi connectivity index (χ3v) is 8.07. The molecule has 2 aliphatic rings. The zero-order chi connectivity index (χ0) is 23.9. The fourth-order valence-corrected chi connectivity index (χ4v) is 6.47. The number of aromatic amines is 1. The van der Waals surface area contributed by atoms with Crippen molar-refractivity contribution in [1.29, 1.82) is 0 Å². The predicted octanol–water partition coefficient (Wildman–Crippen LogP) is 3.60. The topological polar surface area (TPSA) is 125 Å². The minimum Gasteiger partial charge on any atom is -0.772 e. The molecular weight excluding hydrogens is 466 g/mol. The number of aliphatic hydroxyl groups excluding tert-OH is 1. The number of nitrogens with zero attached hydrogens (tertiary/aromatic N) is 5. The Morgan fingerprint density at radius 1 is 1.34 bits per heavy atom. The SMILES string of the molecule is CCOc1cc2[nH]ncc2cc1Nc1ncnc2sc3c(c12)CCC(CN([O-])N1CC[C@@H](O)C1)C3. The van der Waals surface area contributed by atoms with E-state index in [1.54, 1.807) is 28.9 Å². The van der Waals surface area contributed by atoms with Gasteiger partial charge in [-0.2, -0.15) is 5.10 Å². The Morgan fingerprint density at radius 2 is 2.26 bits per heavy atom. The van der Waals surface area contributed by atoms with E-state index in [9.17, 15) is 10.3 Å². The second-order valence-electron chi connectivity index (χ2n) is 9.27. The summed E-state index contributed by atoms with van der Waals surface area (Å²) in [5.74, 6) is 1.79. The van der Waals surface area contributed by atoms with Crippen LogP contribution in [0.15, 0.2) is 24.7 Å². The van der Waals surface area contributed by atoms with Gasteiger partial charge in [-0.05, 0) is 50.2 Å². The first-order valence-corrected chi connectivity index (χ1v) is 12.9. The summed E-state index contributed by atoms with van der Waals surface area (Å²) in [7, 11) is 0. The summed E-state index contributed by atoms with van der Waals surface area (Å²) >= 11 is 1.69. The van der Waals surface area contributed by atoms with Crippen LogP contribution in [0.5, 0.6) is 5.75 Å². The molecule has 0 amide bonds. The molecular formula is C24H28N7O3S-. The van der Waals surface area contributed by atoms with Crippen LogP contribution in [-0.4, -0.2) is 67.8 Å². The number of aliphatic hydroxyl groups is 1. The van der Waals surface area contributed by atoms with E-state index in [4.69, 9.17) is 4.74 Å². The van der Waals surface area contributed by atoms with Crippen molar-refractivity contribution in [3.63, 3.8) is 0 Å². The van der Waals surface area contributed by atoms with Crippen molar-refractivity contribution in [3.05, 3.63) is 40.3 Å². The number of hydroxylamine groups is 1. The number of aromatic nitrogens is 4. The molecule has 0 radical (unpaired) electrons. The molecule has 2 atom stereocenters. The predicted molar refractivity (Wildman–Crippen MR) is 136 cm³/mol. The van der Waals surface area contributed by atoms with Gasteiger partial charge in [-0.3, -0.25) is 10.1 Å². The van der Waals surface area contributed by atoms with Crippen LogP contribution in [-0.2, 0) is 12.8 Å². The average Bonchev–Trinajstić information content (AvgIpc) is 3.57. The number of β-amino-alcohol motifs (C(OH)–C–C–N with tert-alkyl or cyclic N) is 1. The highest BCUT2D eigenvalue weighted by Crippen LogP contribution is 2.42.